The van der Waals surface area contributed by atoms with E-state index in [-0.39, 0.29) is 12.1 Å². The molecule has 2 atom stereocenters. The third kappa shape index (κ3) is 3.25. The molecule has 0 aromatic heterocycles. The largest absolute Gasteiger partial charge is 0.317 e. The van der Waals surface area contributed by atoms with Crippen molar-refractivity contribution in [3.05, 3.63) is 0 Å². The molecule has 0 saturated carbocycles. The van der Waals surface area contributed by atoms with Crippen molar-refractivity contribution in [2.75, 3.05) is 18.8 Å². The third-order valence-electron chi connectivity index (χ3n) is 4.34. The SMILES string of the molecule is CC1CCCC(C)N1S(=O)(=O)CC1CCNCC1. The highest BCUT2D eigenvalue weighted by molar-refractivity contribution is 7.89. The summed E-state index contributed by atoms with van der Waals surface area (Å²) in [5.74, 6) is 0.696. The fourth-order valence-electron chi connectivity index (χ4n) is 3.38. The quantitative estimate of drug-likeness (QED) is 0.850. The monoisotopic (exact) mass is 274 g/mol. The molecule has 0 aromatic carbocycles. The molecule has 0 spiro atoms. The molecule has 2 rings (SSSR count). The molecule has 18 heavy (non-hydrogen) atoms. The zero-order chi connectivity index (χ0) is 13.2. The number of hydrogen-bond acceptors (Lipinski definition) is 3. The molecule has 2 unspecified atom stereocenters. The van der Waals surface area contributed by atoms with E-state index in [4.69, 9.17) is 0 Å². The Bertz CT molecular complexity index is 353. The van der Waals surface area contributed by atoms with Crippen LogP contribution in [-0.2, 0) is 10.0 Å². The van der Waals surface area contributed by atoms with Crippen molar-refractivity contribution in [2.24, 2.45) is 5.92 Å². The molecular weight excluding hydrogens is 248 g/mol. The summed E-state index contributed by atoms with van der Waals surface area (Å²) in [4.78, 5) is 0. The van der Waals surface area contributed by atoms with Crippen molar-refractivity contribution in [3.8, 4) is 0 Å². The Morgan fingerprint density at radius 1 is 1.06 bits per heavy atom. The van der Waals surface area contributed by atoms with E-state index in [1.807, 2.05) is 0 Å². The number of piperidine rings is 2. The Kier molecular flexibility index (Phi) is 4.67. The molecule has 2 aliphatic heterocycles. The summed E-state index contributed by atoms with van der Waals surface area (Å²) >= 11 is 0. The maximum absolute atomic E-state index is 12.6. The van der Waals surface area contributed by atoms with Crippen LogP contribution in [-0.4, -0.2) is 43.6 Å². The van der Waals surface area contributed by atoms with Gasteiger partial charge in [-0.3, -0.25) is 0 Å². The molecule has 0 aromatic rings. The van der Waals surface area contributed by atoms with Crippen molar-refractivity contribution >= 4 is 10.0 Å². The minimum Gasteiger partial charge on any atom is -0.317 e. The number of sulfonamides is 1. The van der Waals surface area contributed by atoms with Crippen LogP contribution in [0.4, 0.5) is 0 Å². The van der Waals surface area contributed by atoms with Gasteiger partial charge in [0.15, 0.2) is 0 Å². The van der Waals surface area contributed by atoms with Gasteiger partial charge in [-0.1, -0.05) is 6.42 Å². The third-order valence-corrected chi connectivity index (χ3v) is 6.59. The summed E-state index contributed by atoms with van der Waals surface area (Å²) in [7, 11) is -3.08. The van der Waals surface area contributed by atoms with Crippen molar-refractivity contribution in [1.29, 1.82) is 0 Å². The molecule has 2 fully saturated rings. The molecule has 0 radical (unpaired) electrons. The van der Waals surface area contributed by atoms with Gasteiger partial charge in [-0.2, -0.15) is 4.31 Å². The van der Waals surface area contributed by atoms with Crippen molar-refractivity contribution in [3.63, 3.8) is 0 Å². The lowest BCUT2D eigenvalue weighted by molar-refractivity contribution is 0.202. The van der Waals surface area contributed by atoms with E-state index in [2.05, 4.69) is 19.2 Å². The molecule has 0 aliphatic carbocycles. The fraction of sp³-hybridized carbons (Fsp3) is 1.00. The first-order valence-corrected chi connectivity index (χ1v) is 8.83. The molecule has 2 aliphatic rings. The minimum atomic E-state index is -3.08. The van der Waals surface area contributed by atoms with E-state index in [9.17, 15) is 8.42 Å². The Morgan fingerprint density at radius 3 is 2.17 bits per heavy atom. The van der Waals surface area contributed by atoms with E-state index < -0.39 is 10.0 Å². The predicted octanol–water partition coefficient (Wildman–Crippen LogP) is 1.58. The van der Waals surface area contributed by atoms with Crippen LogP contribution in [0.2, 0.25) is 0 Å². The summed E-state index contributed by atoms with van der Waals surface area (Å²) in [6.07, 6.45) is 5.17. The van der Waals surface area contributed by atoms with Crippen LogP contribution in [0, 0.1) is 5.92 Å². The van der Waals surface area contributed by atoms with Gasteiger partial charge in [0.25, 0.3) is 0 Å². The molecule has 2 saturated heterocycles. The predicted molar refractivity (Wildman–Crippen MR) is 74.0 cm³/mol. The number of nitrogens with one attached hydrogen (secondary N) is 1. The maximum atomic E-state index is 12.6. The normalized spacial score (nSPS) is 32.6. The average Bonchev–Trinajstić information content (AvgIpc) is 2.28. The van der Waals surface area contributed by atoms with Crippen LogP contribution in [0.5, 0.6) is 0 Å². The highest BCUT2D eigenvalue weighted by Crippen LogP contribution is 2.27. The average molecular weight is 274 g/mol. The Balaban J connectivity index is 2.04. The second-order valence-corrected chi connectivity index (χ2v) is 7.85. The summed E-state index contributed by atoms with van der Waals surface area (Å²) in [6, 6.07) is 0.362. The Hall–Kier alpha value is -0.130. The smallest absolute Gasteiger partial charge is 0.214 e. The van der Waals surface area contributed by atoms with Gasteiger partial charge in [0.05, 0.1) is 5.75 Å². The van der Waals surface area contributed by atoms with Crippen molar-refractivity contribution in [1.82, 2.24) is 9.62 Å². The van der Waals surface area contributed by atoms with Gasteiger partial charge in [-0.15, -0.1) is 0 Å². The maximum Gasteiger partial charge on any atom is 0.214 e. The lowest BCUT2D eigenvalue weighted by atomic mass is 10.0. The zero-order valence-electron chi connectivity index (χ0n) is 11.6. The van der Waals surface area contributed by atoms with Crippen LogP contribution < -0.4 is 5.32 Å². The van der Waals surface area contributed by atoms with Crippen LogP contribution in [0.25, 0.3) is 0 Å². The van der Waals surface area contributed by atoms with Crippen molar-refractivity contribution in [2.45, 2.75) is 58.0 Å². The van der Waals surface area contributed by atoms with Gasteiger partial charge in [0.2, 0.25) is 10.0 Å². The van der Waals surface area contributed by atoms with Gasteiger partial charge >= 0.3 is 0 Å². The molecule has 106 valence electrons. The lowest BCUT2D eigenvalue weighted by Gasteiger charge is -2.38. The van der Waals surface area contributed by atoms with E-state index in [0.29, 0.717) is 11.7 Å². The van der Waals surface area contributed by atoms with Crippen LogP contribution in [0.3, 0.4) is 0 Å². The van der Waals surface area contributed by atoms with Gasteiger partial charge in [-0.05, 0) is 58.5 Å². The molecule has 5 heteroatoms. The van der Waals surface area contributed by atoms with Crippen LogP contribution in [0.1, 0.15) is 46.0 Å². The molecule has 1 N–H and O–H groups in total. The van der Waals surface area contributed by atoms with Crippen LogP contribution >= 0.6 is 0 Å². The molecule has 4 nitrogen and oxygen atoms in total. The molecular formula is C13H26N2O2S. The summed E-state index contributed by atoms with van der Waals surface area (Å²) in [5, 5.41) is 3.29. The number of nitrogens with zero attached hydrogens (tertiary/aromatic N) is 1. The zero-order valence-corrected chi connectivity index (χ0v) is 12.4. The van der Waals surface area contributed by atoms with E-state index in [1.165, 1.54) is 0 Å². The first kappa shape index (κ1) is 14.3. The second kappa shape index (κ2) is 5.88. The lowest BCUT2D eigenvalue weighted by Crippen LogP contribution is -2.49. The number of rotatable bonds is 3. The Morgan fingerprint density at radius 2 is 1.61 bits per heavy atom. The minimum absolute atomic E-state index is 0.181. The van der Waals surface area contributed by atoms with Gasteiger partial charge in [-0.25, -0.2) is 8.42 Å². The van der Waals surface area contributed by atoms with Crippen molar-refractivity contribution < 1.29 is 8.42 Å². The van der Waals surface area contributed by atoms with E-state index >= 15 is 0 Å². The summed E-state index contributed by atoms with van der Waals surface area (Å²) in [6.45, 7) is 6.03. The Labute approximate surface area is 111 Å². The molecule has 2 heterocycles. The standard InChI is InChI=1S/C13H26N2O2S/c1-11-4-3-5-12(2)15(11)18(16,17)10-13-6-8-14-9-7-13/h11-14H,3-10H2,1-2H3. The van der Waals surface area contributed by atoms with Gasteiger partial charge in [0, 0.05) is 12.1 Å². The first-order chi connectivity index (χ1) is 8.50. The summed E-state index contributed by atoms with van der Waals surface area (Å²) in [5.41, 5.74) is 0. The van der Waals surface area contributed by atoms with Crippen LogP contribution in [0.15, 0.2) is 0 Å². The van der Waals surface area contributed by atoms with E-state index in [0.717, 1.165) is 45.2 Å². The molecule has 0 bridgehead atoms. The van der Waals surface area contributed by atoms with Gasteiger partial charge in [0.1, 0.15) is 0 Å². The first-order valence-electron chi connectivity index (χ1n) is 7.22. The summed E-state index contributed by atoms with van der Waals surface area (Å²) < 4.78 is 27.0. The highest BCUT2D eigenvalue weighted by Gasteiger charge is 2.35. The molecule has 0 amide bonds. The second-order valence-electron chi connectivity index (χ2n) is 5.93. The topological polar surface area (TPSA) is 49.4 Å². The highest BCUT2D eigenvalue weighted by atomic mass is 32.2. The van der Waals surface area contributed by atoms with E-state index in [1.54, 1.807) is 4.31 Å². The number of hydrogen-bond donors (Lipinski definition) is 1. The van der Waals surface area contributed by atoms with Gasteiger partial charge < -0.3 is 5.32 Å². The fourth-order valence-corrected chi connectivity index (χ4v) is 5.79.